The van der Waals surface area contributed by atoms with Gasteiger partial charge >= 0.3 is 6.03 Å². The largest absolute Gasteiger partial charge is 0.367 e. The van der Waals surface area contributed by atoms with Crippen LogP contribution in [0.2, 0.25) is 5.02 Å². The van der Waals surface area contributed by atoms with Gasteiger partial charge in [-0.15, -0.1) is 0 Å². The predicted octanol–water partition coefficient (Wildman–Crippen LogP) is 4.71. The highest BCUT2D eigenvalue weighted by Crippen LogP contribution is 2.28. The molecule has 3 amide bonds. The van der Waals surface area contributed by atoms with E-state index in [1.54, 1.807) is 19.1 Å². The lowest BCUT2D eigenvalue weighted by Crippen LogP contribution is -2.48. The van der Waals surface area contributed by atoms with E-state index in [0.717, 1.165) is 5.69 Å². The van der Waals surface area contributed by atoms with E-state index in [2.05, 4.69) is 20.5 Å². The molecule has 31 heavy (non-hydrogen) atoms. The number of piperazine rings is 1. The van der Waals surface area contributed by atoms with Crippen LogP contribution in [-0.2, 0) is 0 Å². The van der Waals surface area contributed by atoms with Crippen molar-refractivity contribution in [3.8, 4) is 0 Å². The summed E-state index contributed by atoms with van der Waals surface area (Å²) in [5, 5.41) is 6.56. The lowest BCUT2D eigenvalue weighted by molar-refractivity contribution is 0.0750. The summed E-state index contributed by atoms with van der Waals surface area (Å²) in [6.45, 7) is 4.39. The Morgan fingerprint density at radius 3 is 2.35 bits per heavy atom. The van der Waals surface area contributed by atoms with E-state index < -0.39 is 6.03 Å². The molecule has 0 unspecified atom stereocenters. The number of amides is 3. The summed E-state index contributed by atoms with van der Waals surface area (Å²) in [6.07, 6.45) is 0. The number of thiazole rings is 1. The number of halogens is 1. The number of aryl methyl sites for hydroxylation is 1. The third-order valence-corrected chi connectivity index (χ3v) is 6.38. The molecular weight excluding hydrogens is 434 g/mol. The fraction of sp³-hybridized carbons (Fsp3) is 0.227. The van der Waals surface area contributed by atoms with Crippen LogP contribution in [0.15, 0.2) is 54.6 Å². The van der Waals surface area contributed by atoms with Gasteiger partial charge < -0.3 is 15.1 Å². The van der Waals surface area contributed by atoms with E-state index in [1.165, 1.54) is 11.3 Å². The number of nitrogens with zero attached hydrogens (tertiary/aromatic N) is 3. The first-order valence-electron chi connectivity index (χ1n) is 9.90. The molecular formula is C22H22ClN5O2S. The molecule has 0 saturated carbocycles. The first kappa shape index (κ1) is 21.1. The van der Waals surface area contributed by atoms with E-state index in [1.807, 2.05) is 47.4 Å². The van der Waals surface area contributed by atoms with Crippen LogP contribution in [0.25, 0.3) is 0 Å². The normalized spacial score (nSPS) is 13.7. The Hall–Kier alpha value is -3.10. The molecule has 2 heterocycles. The van der Waals surface area contributed by atoms with E-state index in [-0.39, 0.29) is 5.91 Å². The summed E-state index contributed by atoms with van der Waals surface area (Å²) >= 11 is 7.49. The van der Waals surface area contributed by atoms with Gasteiger partial charge in [0.1, 0.15) is 4.88 Å². The average molecular weight is 456 g/mol. The van der Waals surface area contributed by atoms with Gasteiger partial charge in [-0.3, -0.25) is 10.1 Å². The van der Waals surface area contributed by atoms with Crippen LogP contribution < -0.4 is 15.5 Å². The average Bonchev–Trinajstić information content (AvgIpc) is 3.14. The maximum atomic E-state index is 13.0. The van der Waals surface area contributed by atoms with Gasteiger partial charge in [0, 0.05) is 31.9 Å². The molecule has 3 aromatic rings. The molecule has 4 rings (SSSR count). The minimum absolute atomic E-state index is 0.0645. The molecule has 0 radical (unpaired) electrons. The molecule has 1 fully saturated rings. The van der Waals surface area contributed by atoms with Crippen molar-refractivity contribution in [3.63, 3.8) is 0 Å². The fourth-order valence-corrected chi connectivity index (χ4v) is 4.62. The summed E-state index contributed by atoms with van der Waals surface area (Å²) < 4.78 is 0. The van der Waals surface area contributed by atoms with Crippen molar-refractivity contribution in [3.05, 3.63) is 70.2 Å². The lowest BCUT2D eigenvalue weighted by atomic mass is 10.2. The number of hydrogen-bond donors (Lipinski definition) is 2. The molecule has 1 aromatic heterocycles. The second kappa shape index (κ2) is 9.36. The Kier molecular flexibility index (Phi) is 6.39. The maximum Gasteiger partial charge on any atom is 0.325 e. The molecule has 160 valence electrons. The second-order valence-electron chi connectivity index (χ2n) is 7.11. The van der Waals surface area contributed by atoms with Crippen LogP contribution in [0.4, 0.5) is 21.3 Å². The minimum atomic E-state index is -0.396. The maximum absolute atomic E-state index is 13.0. The van der Waals surface area contributed by atoms with E-state index in [4.69, 9.17) is 11.6 Å². The summed E-state index contributed by atoms with van der Waals surface area (Å²) in [5.74, 6) is -0.0645. The van der Waals surface area contributed by atoms with Gasteiger partial charge in [0.25, 0.3) is 5.91 Å². The Morgan fingerprint density at radius 1 is 0.968 bits per heavy atom. The number of carbonyl (C=O) groups is 2. The van der Waals surface area contributed by atoms with Crippen LogP contribution in [0, 0.1) is 6.92 Å². The number of aromatic nitrogens is 1. The number of carbonyl (C=O) groups excluding carboxylic acids is 2. The van der Waals surface area contributed by atoms with Gasteiger partial charge in [0.05, 0.1) is 16.4 Å². The third kappa shape index (κ3) is 4.98. The summed E-state index contributed by atoms with van der Waals surface area (Å²) in [5.41, 5.74) is 2.28. The van der Waals surface area contributed by atoms with Crippen molar-refractivity contribution in [2.45, 2.75) is 6.92 Å². The van der Waals surface area contributed by atoms with Crippen molar-refractivity contribution >= 4 is 51.4 Å². The van der Waals surface area contributed by atoms with Crippen molar-refractivity contribution in [2.75, 3.05) is 41.7 Å². The smallest absolute Gasteiger partial charge is 0.325 e. The lowest BCUT2D eigenvalue weighted by Gasteiger charge is -2.36. The first-order chi connectivity index (χ1) is 15.0. The predicted molar refractivity (Wildman–Crippen MR) is 126 cm³/mol. The Labute approximate surface area is 189 Å². The van der Waals surface area contributed by atoms with Crippen LogP contribution in [0.3, 0.4) is 0 Å². The van der Waals surface area contributed by atoms with Crippen molar-refractivity contribution in [2.24, 2.45) is 0 Å². The first-order valence-corrected chi connectivity index (χ1v) is 11.1. The summed E-state index contributed by atoms with van der Waals surface area (Å²) in [4.78, 5) is 34.2. The van der Waals surface area contributed by atoms with Gasteiger partial charge in [-0.05, 0) is 31.2 Å². The molecule has 1 aliphatic heterocycles. The highest BCUT2D eigenvalue weighted by Gasteiger charge is 2.26. The standard InChI is InChI=1S/C22H22ClN5O2S/c1-15-19(31-22(24-15)26-21(30)25-16-7-3-2-4-8-16)20(29)28-13-11-27(12-14-28)18-10-6-5-9-17(18)23/h2-10H,11-14H2,1H3,(H2,24,25,26,30). The minimum Gasteiger partial charge on any atom is -0.367 e. The number of benzene rings is 2. The van der Waals surface area contributed by atoms with Crippen LogP contribution in [0.1, 0.15) is 15.4 Å². The number of nitrogens with one attached hydrogen (secondary N) is 2. The van der Waals surface area contributed by atoms with Crippen molar-refractivity contribution in [1.82, 2.24) is 9.88 Å². The van der Waals surface area contributed by atoms with E-state index in [0.29, 0.717) is 52.6 Å². The zero-order chi connectivity index (χ0) is 21.8. The van der Waals surface area contributed by atoms with Crippen LogP contribution in [0.5, 0.6) is 0 Å². The molecule has 2 N–H and O–H groups in total. The fourth-order valence-electron chi connectivity index (χ4n) is 3.43. The number of hydrogen-bond acceptors (Lipinski definition) is 5. The Morgan fingerprint density at radius 2 is 1.65 bits per heavy atom. The van der Waals surface area contributed by atoms with E-state index >= 15 is 0 Å². The molecule has 0 atom stereocenters. The van der Waals surface area contributed by atoms with Gasteiger partial charge in [-0.25, -0.2) is 9.78 Å². The molecule has 2 aromatic carbocycles. The molecule has 9 heteroatoms. The van der Waals surface area contributed by atoms with Gasteiger partial charge in [-0.1, -0.05) is 53.3 Å². The molecule has 7 nitrogen and oxygen atoms in total. The van der Waals surface area contributed by atoms with E-state index in [9.17, 15) is 9.59 Å². The zero-order valence-corrected chi connectivity index (χ0v) is 18.5. The quantitative estimate of drug-likeness (QED) is 0.597. The van der Waals surface area contributed by atoms with Gasteiger partial charge in [0.2, 0.25) is 0 Å². The molecule has 1 aliphatic rings. The van der Waals surface area contributed by atoms with Crippen LogP contribution in [-0.4, -0.2) is 48.0 Å². The Bertz CT molecular complexity index is 1080. The second-order valence-corrected chi connectivity index (χ2v) is 8.52. The zero-order valence-electron chi connectivity index (χ0n) is 17.0. The molecule has 0 bridgehead atoms. The third-order valence-electron chi connectivity index (χ3n) is 5.00. The summed E-state index contributed by atoms with van der Waals surface area (Å²) in [7, 11) is 0. The number of rotatable bonds is 4. The van der Waals surface area contributed by atoms with Crippen molar-refractivity contribution in [1.29, 1.82) is 0 Å². The topological polar surface area (TPSA) is 77.6 Å². The molecule has 0 spiro atoms. The highest BCUT2D eigenvalue weighted by atomic mass is 35.5. The van der Waals surface area contributed by atoms with Crippen LogP contribution >= 0.6 is 22.9 Å². The Balaban J connectivity index is 1.37. The number of anilines is 3. The molecule has 1 saturated heterocycles. The number of para-hydroxylation sites is 2. The van der Waals surface area contributed by atoms with Gasteiger partial charge in [0.15, 0.2) is 5.13 Å². The highest BCUT2D eigenvalue weighted by molar-refractivity contribution is 7.17. The summed E-state index contributed by atoms with van der Waals surface area (Å²) in [6, 6.07) is 16.5. The molecule has 0 aliphatic carbocycles. The monoisotopic (exact) mass is 455 g/mol. The van der Waals surface area contributed by atoms with Crippen molar-refractivity contribution < 1.29 is 9.59 Å². The SMILES string of the molecule is Cc1nc(NC(=O)Nc2ccccc2)sc1C(=O)N1CCN(c2ccccc2Cl)CC1. The number of urea groups is 1. The van der Waals surface area contributed by atoms with Gasteiger partial charge in [-0.2, -0.15) is 0 Å².